The summed E-state index contributed by atoms with van der Waals surface area (Å²) in [7, 11) is 1.67. The number of amides is 1. The number of nitrogens with zero attached hydrogens (tertiary/aromatic N) is 2. The second-order valence-electron chi connectivity index (χ2n) is 6.80. The number of benzene rings is 1. The van der Waals surface area contributed by atoms with Crippen LogP contribution in [0.4, 0.5) is 4.79 Å². The molecule has 0 N–H and O–H groups in total. The molecule has 3 heterocycles. The molecule has 0 spiro atoms. The van der Waals surface area contributed by atoms with Gasteiger partial charge in [-0.2, -0.15) is 0 Å². The molecule has 1 amide bonds. The minimum Gasteiger partial charge on any atom is -0.496 e. The van der Waals surface area contributed by atoms with Crippen LogP contribution in [0.15, 0.2) is 12.1 Å². The highest BCUT2D eigenvalue weighted by Gasteiger charge is 2.49. The Morgan fingerprint density at radius 1 is 1.16 bits per heavy atom. The molecular formula is C18H24N2O5. The number of fused-ring (bicyclic) bond motifs is 2. The standard InChI is InChI=1S/C18H24N2O5/c1-3-18-11-19(4-5-20(18)17(21)25-12-18)10-13-8-15-16(9-14(13)22-2)24-7-6-23-15/h8-9H,3-7,10-12H2,1-2H3. The molecule has 25 heavy (non-hydrogen) atoms. The molecule has 3 aliphatic heterocycles. The number of hydrogen-bond acceptors (Lipinski definition) is 6. The molecule has 1 atom stereocenters. The van der Waals surface area contributed by atoms with E-state index < -0.39 is 0 Å². The summed E-state index contributed by atoms with van der Waals surface area (Å²) >= 11 is 0. The van der Waals surface area contributed by atoms with Gasteiger partial charge in [0.05, 0.1) is 12.6 Å². The fourth-order valence-corrected chi connectivity index (χ4v) is 3.95. The maximum absolute atomic E-state index is 11.9. The molecule has 1 unspecified atom stereocenters. The van der Waals surface area contributed by atoms with E-state index in [4.69, 9.17) is 18.9 Å². The number of rotatable bonds is 4. The Kier molecular flexibility index (Phi) is 4.11. The average molecular weight is 348 g/mol. The van der Waals surface area contributed by atoms with Crippen molar-refractivity contribution in [3.8, 4) is 17.2 Å². The van der Waals surface area contributed by atoms with Gasteiger partial charge in [0.25, 0.3) is 0 Å². The number of methoxy groups -OCH3 is 1. The van der Waals surface area contributed by atoms with E-state index in [1.165, 1.54) is 0 Å². The molecule has 0 radical (unpaired) electrons. The molecule has 0 saturated carbocycles. The van der Waals surface area contributed by atoms with E-state index in [1.807, 2.05) is 17.0 Å². The topological polar surface area (TPSA) is 60.5 Å². The number of carbonyl (C=O) groups excluding carboxylic acids is 1. The summed E-state index contributed by atoms with van der Waals surface area (Å²) in [5, 5.41) is 0. The van der Waals surface area contributed by atoms with Crippen LogP contribution in [0.2, 0.25) is 0 Å². The van der Waals surface area contributed by atoms with Gasteiger partial charge in [0.15, 0.2) is 11.5 Å². The molecule has 0 aliphatic carbocycles. The largest absolute Gasteiger partial charge is 0.496 e. The van der Waals surface area contributed by atoms with Crippen LogP contribution in [0.25, 0.3) is 0 Å². The summed E-state index contributed by atoms with van der Waals surface area (Å²) in [6, 6.07) is 3.91. The lowest BCUT2D eigenvalue weighted by molar-refractivity contribution is 0.0445. The monoisotopic (exact) mass is 348 g/mol. The van der Waals surface area contributed by atoms with Crippen molar-refractivity contribution in [2.24, 2.45) is 0 Å². The lowest BCUT2D eigenvalue weighted by Crippen LogP contribution is -2.60. The number of cyclic esters (lactones) is 1. The second kappa shape index (κ2) is 6.29. The van der Waals surface area contributed by atoms with Crippen molar-refractivity contribution in [2.45, 2.75) is 25.4 Å². The molecule has 0 bridgehead atoms. The summed E-state index contributed by atoms with van der Waals surface area (Å²) in [5.74, 6) is 2.30. The van der Waals surface area contributed by atoms with Crippen LogP contribution in [0.5, 0.6) is 17.2 Å². The number of ether oxygens (including phenoxy) is 4. The SMILES string of the molecule is CCC12COC(=O)N1CCN(Cc1cc3c(cc1OC)OCCO3)C2. The van der Waals surface area contributed by atoms with E-state index >= 15 is 0 Å². The van der Waals surface area contributed by atoms with Gasteiger partial charge >= 0.3 is 6.09 Å². The summed E-state index contributed by atoms with van der Waals surface area (Å²) < 4.78 is 22.2. The number of hydrogen-bond donors (Lipinski definition) is 0. The van der Waals surface area contributed by atoms with Gasteiger partial charge in [0, 0.05) is 37.8 Å². The molecule has 1 aromatic carbocycles. The van der Waals surface area contributed by atoms with Crippen molar-refractivity contribution in [3.05, 3.63) is 17.7 Å². The van der Waals surface area contributed by atoms with Crippen LogP contribution in [0, 0.1) is 0 Å². The van der Waals surface area contributed by atoms with Crippen molar-refractivity contribution >= 4 is 6.09 Å². The van der Waals surface area contributed by atoms with Gasteiger partial charge in [0.2, 0.25) is 0 Å². The van der Waals surface area contributed by atoms with Crippen molar-refractivity contribution in [1.82, 2.24) is 9.80 Å². The van der Waals surface area contributed by atoms with E-state index in [0.717, 1.165) is 48.9 Å². The molecule has 136 valence electrons. The zero-order valence-corrected chi connectivity index (χ0v) is 14.7. The van der Waals surface area contributed by atoms with Gasteiger partial charge in [-0.3, -0.25) is 9.80 Å². The highest BCUT2D eigenvalue weighted by Crippen LogP contribution is 2.38. The van der Waals surface area contributed by atoms with Crippen molar-refractivity contribution in [2.75, 3.05) is 46.6 Å². The van der Waals surface area contributed by atoms with Gasteiger partial charge in [-0.25, -0.2) is 4.79 Å². The van der Waals surface area contributed by atoms with E-state index in [9.17, 15) is 4.79 Å². The lowest BCUT2D eigenvalue weighted by atomic mass is 9.92. The molecule has 4 rings (SSSR count). The third kappa shape index (κ3) is 2.76. The Morgan fingerprint density at radius 3 is 2.64 bits per heavy atom. The summed E-state index contributed by atoms with van der Waals surface area (Å²) in [4.78, 5) is 16.2. The van der Waals surface area contributed by atoms with Crippen LogP contribution in [0.1, 0.15) is 18.9 Å². The van der Waals surface area contributed by atoms with Gasteiger partial charge < -0.3 is 18.9 Å². The third-order valence-electron chi connectivity index (χ3n) is 5.41. The first-order chi connectivity index (χ1) is 12.1. The van der Waals surface area contributed by atoms with Crippen molar-refractivity contribution in [1.29, 1.82) is 0 Å². The highest BCUT2D eigenvalue weighted by molar-refractivity contribution is 5.71. The lowest BCUT2D eigenvalue weighted by Gasteiger charge is -2.44. The fourth-order valence-electron chi connectivity index (χ4n) is 3.95. The third-order valence-corrected chi connectivity index (χ3v) is 5.41. The first kappa shape index (κ1) is 16.3. The van der Waals surface area contributed by atoms with Crippen molar-refractivity contribution in [3.63, 3.8) is 0 Å². The van der Waals surface area contributed by atoms with Crippen LogP contribution in [-0.2, 0) is 11.3 Å². The first-order valence-electron chi connectivity index (χ1n) is 8.78. The molecule has 2 saturated heterocycles. The van der Waals surface area contributed by atoms with Crippen LogP contribution in [-0.4, -0.2) is 68.0 Å². The maximum Gasteiger partial charge on any atom is 0.410 e. The number of piperazine rings is 1. The second-order valence-corrected chi connectivity index (χ2v) is 6.80. The quantitative estimate of drug-likeness (QED) is 0.828. The molecule has 0 aromatic heterocycles. The maximum atomic E-state index is 11.9. The molecule has 1 aromatic rings. The molecule has 7 nitrogen and oxygen atoms in total. The van der Waals surface area contributed by atoms with E-state index in [2.05, 4.69) is 11.8 Å². The molecular weight excluding hydrogens is 324 g/mol. The molecule has 7 heteroatoms. The minimum atomic E-state index is -0.212. The zero-order chi connectivity index (χ0) is 17.4. The Balaban J connectivity index is 1.55. The first-order valence-corrected chi connectivity index (χ1v) is 8.78. The van der Waals surface area contributed by atoms with Gasteiger partial charge in [-0.05, 0) is 12.5 Å². The predicted molar refractivity (Wildman–Crippen MR) is 90.3 cm³/mol. The number of carbonyl (C=O) groups is 1. The van der Waals surface area contributed by atoms with Gasteiger partial charge in [0.1, 0.15) is 25.6 Å². The Labute approximate surface area is 147 Å². The van der Waals surface area contributed by atoms with E-state index in [0.29, 0.717) is 26.4 Å². The normalized spacial score (nSPS) is 25.5. The Bertz CT molecular complexity index is 680. The van der Waals surface area contributed by atoms with Crippen LogP contribution < -0.4 is 14.2 Å². The summed E-state index contributed by atoms with van der Waals surface area (Å²) in [5.41, 5.74) is 0.854. The molecule has 2 fully saturated rings. The van der Waals surface area contributed by atoms with E-state index in [1.54, 1.807) is 7.11 Å². The van der Waals surface area contributed by atoms with Gasteiger partial charge in [-0.1, -0.05) is 6.92 Å². The Hall–Kier alpha value is -2.15. The average Bonchev–Trinajstić information content (AvgIpc) is 2.98. The summed E-state index contributed by atoms with van der Waals surface area (Å²) in [6.45, 7) is 6.75. The highest BCUT2D eigenvalue weighted by atomic mass is 16.6. The minimum absolute atomic E-state index is 0.182. The Morgan fingerprint density at radius 2 is 1.92 bits per heavy atom. The van der Waals surface area contributed by atoms with Crippen molar-refractivity contribution < 1.29 is 23.7 Å². The van der Waals surface area contributed by atoms with E-state index in [-0.39, 0.29) is 11.6 Å². The smallest absolute Gasteiger partial charge is 0.410 e. The molecule has 3 aliphatic rings. The van der Waals surface area contributed by atoms with Crippen LogP contribution >= 0.6 is 0 Å². The fraction of sp³-hybridized carbons (Fsp3) is 0.611. The predicted octanol–water partition coefficient (Wildman–Crippen LogP) is 1.88. The van der Waals surface area contributed by atoms with Gasteiger partial charge in [-0.15, -0.1) is 0 Å². The van der Waals surface area contributed by atoms with Crippen LogP contribution in [0.3, 0.4) is 0 Å². The summed E-state index contributed by atoms with van der Waals surface area (Å²) in [6.07, 6.45) is 0.700. The zero-order valence-electron chi connectivity index (χ0n) is 14.7.